The Bertz CT molecular complexity index is 776. The molecule has 134 valence electrons. The van der Waals surface area contributed by atoms with Gasteiger partial charge < -0.3 is 9.73 Å². The van der Waals surface area contributed by atoms with Gasteiger partial charge in [0.15, 0.2) is 5.76 Å². The minimum absolute atomic E-state index is 0.102. The molecule has 5 nitrogen and oxygen atoms in total. The summed E-state index contributed by atoms with van der Waals surface area (Å²) in [5.41, 5.74) is 2.08. The lowest BCUT2D eigenvalue weighted by molar-refractivity contribution is 0.0885. The Morgan fingerprint density at radius 3 is 2.84 bits per heavy atom. The van der Waals surface area contributed by atoms with Crippen LogP contribution in [0.2, 0.25) is 0 Å². The number of aromatic nitrogens is 2. The van der Waals surface area contributed by atoms with Crippen LogP contribution in [0.5, 0.6) is 0 Å². The van der Waals surface area contributed by atoms with E-state index in [0.717, 1.165) is 29.0 Å². The molecule has 5 heteroatoms. The van der Waals surface area contributed by atoms with Crippen LogP contribution < -0.4 is 5.32 Å². The van der Waals surface area contributed by atoms with Gasteiger partial charge in [0.1, 0.15) is 5.76 Å². The Morgan fingerprint density at radius 2 is 2.20 bits per heavy atom. The van der Waals surface area contributed by atoms with Crippen molar-refractivity contribution in [1.29, 1.82) is 0 Å². The Balaban J connectivity index is 1.38. The number of carbonyl (C=O) groups excluding carboxylic acids is 1. The predicted octanol–water partition coefficient (Wildman–Crippen LogP) is 3.70. The quantitative estimate of drug-likeness (QED) is 0.902. The third kappa shape index (κ3) is 3.24. The summed E-state index contributed by atoms with van der Waals surface area (Å²) >= 11 is 0. The molecule has 2 bridgehead atoms. The zero-order valence-electron chi connectivity index (χ0n) is 15.3. The summed E-state index contributed by atoms with van der Waals surface area (Å²) in [6.07, 6.45) is 5.35. The van der Waals surface area contributed by atoms with Gasteiger partial charge in [-0.05, 0) is 76.0 Å². The number of hydrogen-bond donors (Lipinski definition) is 1. The van der Waals surface area contributed by atoms with Gasteiger partial charge in [-0.2, -0.15) is 5.10 Å². The van der Waals surface area contributed by atoms with E-state index in [-0.39, 0.29) is 11.9 Å². The maximum absolute atomic E-state index is 12.5. The van der Waals surface area contributed by atoms with E-state index in [0.29, 0.717) is 18.2 Å². The smallest absolute Gasteiger partial charge is 0.287 e. The highest BCUT2D eigenvalue weighted by Gasteiger charge is 2.42. The van der Waals surface area contributed by atoms with Gasteiger partial charge in [-0.1, -0.05) is 6.42 Å². The molecule has 0 aliphatic heterocycles. The molecule has 25 heavy (non-hydrogen) atoms. The van der Waals surface area contributed by atoms with Crippen LogP contribution in [-0.4, -0.2) is 21.7 Å². The molecule has 2 fully saturated rings. The van der Waals surface area contributed by atoms with Crippen molar-refractivity contribution in [3.8, 4) is 0 Å². The maximum atomic E-state index is 12.5. The van der Waals surface area contributed by atoms with Crippen molar-refractivity contribution in [1.82, 2.24) is 15.1 Å². The first-order valence-electron chi connectivity index (χ1n) is 9.40. The van der Waals surface area contributed by atoms with Gasteiger partial charge in [0.05, 0.1) is 12.2 Å². The van der Waals surface area contributed by atoms with Gasteiger partial charge in [0, 0.05) is 11.7 Å². The largest absolute Gasteiger partial charge is 0.454 e. The molecule has 1 N–H and O–H groups in total. The molecule has 0 radical (unpaired) electrons. The molecule has 0 saturated heterocycles. The van der Waals surface area contributed by atoms with Gasteiger partial charge in [0.2, 0.25) is 0 Å². The molecule has 4 rings (SSSR count). The number of nitrogens with zero attached hydrogens (tertiary/aromatic N) is 2. The molecule has 2 saturated carbocycles. The number of furan rings is 1. The number of amides is 1. The van der Waals surface area contributed by atoms with Crippen LogP contribution in [0.3, 0.4) is 0 Å². The Kier molecular flexibility index (Phi) is 4.18. The third-order valence-electron chi connectivity index (χ3n) is 6.09. The molecule has 2 aliphatic carbocycles. The zero-order chi connectivity index (χ0) is 17.6. The zero-order valence-corrected chi connectivity index (χ0v) is 15.3. The van der Waals surface area contributed by atoms with Crippen molar-refractivity contribution in [3.05, 3.63) is 41.1 Å². The summed E-state index contributed by atoms with van der Waals surface area (Å²) in [6, 6.07) is 5.89. The topological polar surface area (TPSA) is 60.1 Å². The summed E-state index contributed by atoms with van der Waals surface area (Å²) in [5, 5.41) is 7.60. The number of aryl methyl sites for hydroxylation is 2. The van der Waals surface area contributed by atoms with Gasteiger partial charge in [-0.25, -0.2) is 0 Å². The fourth-order valence-electron chi connectivity index (χ4n) is 4.86. The van der Waals surface area contributed by atoms with E-state index in [4.69, 9.17) is 4.42 Å². The van der Waals surface area contributed by atoms with Crippen molar-refractivity contribution < 1.29 is 9.21 Å². The minimum Gasteiger partial charge on any atom is -0.454 e. The van der Waals surface area contributed by atoms with Crippen molar-refractivity contribution in [3.63, 3.8) is 0 Å². The van der Waals surface area contributed by atoms with E-state index in [2.05, 4.69) is 17.3 Å². The second kappa shape index (κ2) is 6.36. The van der Waals surface area contributed by atoms with E-state index >= 15 is 0 Å². The highest BCUT2D eigenvalue weighted by atomic mass is 16.4. The number of carbonyl (C=O) groups is 1. The Morgan fingerprint density at radius 1 is 1.36 bits per heavy atom. The van der Waals surface area contributed by atoms with Crippen LogP contribution in [-0.2, 0) is 6.54 Å². The van der Waals surface area contributed by atoms with Gasteiger partial charge in [-0.15, -0.1) is 0 Å². The SMILES string of the molecule is Cc1cc(C)n(Cc2ccc(C(=O)N[C@@H](C)[C@H]3C[C@@H]4CC[C@@H]3C4)o2)n1. The van der Waals surface area contributed by atoms with Crippen LogP contribution in [0.25, 0.3) is 0 Å². The van der Waals surface area contributed by atoms with E-state index in [1.807, 2.05) is 30.7 Å². The second-order valence-corrected chi connectivity index (χ2v) is 7.95. The van der Waals surface area contributed by atoms with Gasteiger partial charge in [-0.3, -0.25) is 9.48 Å². The Hall–Kier alpha value is -2.04. The van der Waals surface area contributed by atoms with E-state index in [9.17, 15) is 4.79 Å². The molecule has 0 unspecified atom stereocenters. The first-order chi connectivity index (χ1) is 12.0. The summed E-state index contributed by atoms with van der Waals surface area (Å²) in [4.78, 5) is 12.5. The highest BCUT2D eigenvalue weighted by Crippen LogP contribution is 2.49. The van der Waals surface area contributed by atoms with E-state index in [1.54, 1.807) is 6.07 Å². The molecule has 0 spiro atoms. The highest BCUT2D eigenvalue weighted by molar-refractivity contribution is 5.91. The standard InChI is InChI=1S/C20H27N3O2/c1-12-8-13(2)23(22-12)11-17-6-7-19(25-17)20(24)21-14(3)18-10-15-4-5-16(18)9-15/h6-8,14-16,18H,4-5,9-11H2,1-3H3,(H,21,24)/t14-,15+,16+,18+/m0/s1. The lowest BCUT2D eigenvalue weighted by Gasteiger charge is -2.28. The van der Waals surface area contributed by atoms with Crippen LogP contribution in [0.1, 0.15) is 60.3 Å². The average Bonchev–Trinajstić information content (AvgIpc) is 3.33. The molecule has 2 aromatic heterocycles. The average molecular weight is 341 g/mol. The predicted molar refractivity (Wildman–Crippen MR) is 95.4 cm³/mol. The molecule has 2 heterocycles. The molecule has 0 aromatic carbocycles. The summed E-state index contributed by atoms with van der Waals surface area (Å²) in [6.45, 7) is 6.69. The van der Waals surface area contributed by atoms with Crippen molar-refractivity contribution in [2.75, 3.05) is 0 Å². The summed E-state index contributed by atoms with van der Waals surface area (Å²) in [7, 11) is 0. The molecular formula is C20H27N3O2. The molecule has 2 aromatic rings. The maximum Gasteiger partial charge on any atom is 0.287 e. The van der Waals surface area contributed by atoms with E-state index < -0.39 is 0 Å². The van der Waals surface area contributed by atoms with Gasteiger partial charge >= 0.3 is 0 Å². The van der Waals surface area contributed by atoms with E-state index in [1.165, 1.54) is 25.7 Å². The normalized spacial score (nSPS) is 26.1. The fourth-order valence-corrected chi connectivity index (χ4v) is 4.86. The van der Waals surface area contributed by atoms with Gasteiger partial charge in [0.25, 0.3) is 5.91 Å². The first kappa shape index (κ1) is 16.4. The Labute approximate surface area is 148 Å². The van der Waals surface area contributed by atoms with Crippen LogP contribution in [0, 0.1) is 31.6 Å². The minimum atomic E-state index is -0.102. The molecule has 4 atom stereocenters. The molecule has 1 amide bonds. The number of nitrogens with one attached hydrogen (secondary N) is 1. The monoisotopic (exact) mass is 341 g/mol. The number of hydrogen-bond acceptors (Lipinski definition) is 3. The first-order valence-corrected chi connectivity index (χ1v) is 9.40. The summed E-state index contributed by atoms with van der Waals surface area (Å²) < 4.78 is 7.66. The second-order valence-electron chi connectivity index (χ2n) is 7.95. The number of fused-ring (bicyclic) bond motifs is 2. The van der Waals surface area contributed by atoms with Crippen LogP contribution in [0.4, 0.5) is 0 Å². The molecular weight excluding hydrogens is 314 g/mol. The van der Waals surface area contributed by atoms with Crippen LogP contribution >= 0.6 is 0 Å². The van der Waals surface area contributed by atoms with Crippen molar-refractivity contribution >= 4 is 5.91 Å². The lowest BCUT2D eigenvalue weighted by atomic mass is 9.84. The lowest BCUT2D eigenvalue weighted by Crippen LogP contribution is -2.40. The fraction of sp³-hybridized carbons (Fsp3) is 0.600. The van der Waals surface area contributed by atoms with Crippen molar-refractivity contribution in [2.24, 2.45) is 17.8 Å². The van der Waals surface area contributed by atoms with Crippen molar-refractivity contribution in [2.45, 2.75) is 59.0 Å². The molecule has 2 aliphatic rings. The summed E-state index contributed by atoms with van der Waals surface area (Å²) in [5.74, 6) is 3.38. The number of rotatable bonds is 5. The van der Waals surface area contributed by atoms with Crippen LogP contribution in [0.15, 0.2) is 22.6 Å². The third-order valence-corrected chi connectivity index (χ3v) is 6.09.